The maximum Gasteiger partial charge on any atom is 0.323 e. The van der Waals surface area contributed by atoms with Gasteiger partial charge in [-0.15, -0.1) is 23.1 Å². The zero-order valence-corrected chi connectivity index (χ0v) is 10.8. The van der Waals surface area contributed by atoms with Crippen LogP contribution < -0.4 is 5.32 Å². The molecule has 1 aliphatic rings. The molecule has 0 amide bonds. The van der Waals surface area contributed by atoms with Gasteiger partial charge in [0.05, 0.1) is 11.3 Å². The SMILES string of the molecule is COC(=O)C(CSc1cccs1)NC1CC1. The standard InChI is InChI=1S/C11H15NO2S2/c1-14-11(13)9(12-8-4-5-8)7-16-10-3-2-6-15-10/h2-3,6,8-9,12H,4-5,7H2,1H3. The van der Waals surface area contributed by atoms with Gasteiger partial charge in [0.25, 0.3) is 0 Å². The number of ether oxygens (including phenoxy) is 1. The lowest BCUT2D eigenvalue weighted by Crippen LogP contribution is -2.40. The van der Waals surface area contributed by atoms with Gasteiger partial charge in [0.15, 0.2) is 0 Å². The summed E-state index contributed by atoms with van der Waals surface area (Å²) in [7, 11) is 1.44. The lowest BCUT2D eigenvalue weighted by atomic mass is 10.3. The van der Waals surface area contributed by atoms with Crippen molar-refractivity contribution >= 4 is 29.1 Å². The number of methoxy groups -OCH3 is 1. The fourth-order valence-electron chi connectivity index (χ4n) is 1.37. The second-order valence-corrected chi connectivity index (χ2v) is 6.03. The first-order valence-corrected chi connectivity index (χ1v) is 7.16. The number of carbonyl (C=O) groups is 1. The second kappa shape index (κ2) is 5.70. The molecule has 1 saturated carbocycles. The molecule has 5 heteroatoms. The third kappa shape index (κ3) is 3.50. The molecule has 88 valence electrons. The van der Waals surface area contributed by atoms with Crippen molar-refractivity contribution < 1.29 is 9.53 Å². The molecule has 1 N–H and O–H groups in total. The molecule has 1 heterocycles. The van der Waals surface area contributed by atoms with Crippen LogP contribution in [0.1, 0.15) is 12.8 Å². The molecule has 1 unspecified atom stereocenters. The number of rotatable bonds is 6. The fraction of sp³-hybridized carbons (Fsp3) is 0.545. The van der Waals surface area contributed by atoms with E-state index < -0.39 is 0 Å². The largest absolute Gasteiger partial charge is 0.468 e. The summed E-state index contributed by atoms with van der Waals surface area (Å²) in [6.45, 7) is 0. The van der Waals surface area contributed by atoms with Crippen LogP contribution in [-0.2, 0) is 9.53 Å². The molecule has 2 rings (SSSR count). The Labute approximate surface area is 104 Å². The topological polar surface area (TPSA) is 38.3 Å². The van der Waals surface area contributed by atoms with E-state index in [0.29, 0.717) is 6.04 Å². The summed E-state index contributed by atoms with van der Waals surface area (Å²) in [6, 6.07) is 4.44. The minimum absolute atomic E-state index is 0.157. The third-order valence-corrected chi connectivity index (χ3v) is 4.61. The van der Waals surface area contributed by atoms with Crippen LogP contribution in [0.25, 0.3) is 0 Å². The maximum absolute atomic E-state index is 11.5. The van der Waals surface area contributed by atoms with Crippen LogP contribution in [0.2, 0.25) is 0 Å². The maximum atomic E-state index is 11.5. The van der Waals surface area contributed by atoms with Gasteiger partial charge in [0.2, 0.25) is 0 Å². The van der Waals surface area contributed by atoms with Crippen molar-refractivity contribution in [3.63, 3.8) is 0 Å². The smallest absolute Gasteiger partial charge is 0.323 e. The Kier molecular flexibility index (Phi) is 4.26. The van der Waals surface area contributed by atoms with Crippen LogP contribution in [0.5, 0.6) is 0 Å². The summed E-state index contributed by atoms with van der Waals surface area (Å²) >= 11 is 3.41. The number of hydrogen-bond acceptors (Lipinski definition) is 5. The van der Waals surface area contributed by atoms with Gasteiger partial charge >= 0.3 is 5.97 Å². The van der Waals surface area contributed by atoms with Crippen LogP contribution in [0.4, 0.5) is 0 Å². The molecule has 1 aliphatic carbocycles. The van der Waals surface area contributed by atoms with E-state index in [2.05, 4.69) is 11.4 Å². The van der Waals surface area contributed by atoms with Crippen molar-refractivity contribution in [3.8, 4) is 0 Å². The number of esters is 1. The molecule has 16 heavy (non-hydrogen) atoms. The van der Waals surface area contributed by atoms with Gasteiger partial charge in [0, 0.05) is 11.8 Å². The first kappa shape index (κ1) is 12.0. The molecule has 0 bridgehead atoms. The van der Waals surface area contributed by atoms with E-state index in [1.54, 1.807) is 23.1 Å². The van der Waals surface area contributed by atoms with Gasteiger partial charge < -0.3 is 10.1 Å². The van der Waals surface area contributed by atoms with Crippen molar-refractivity contribution in [1.82, 2.24) is 5.32 Å². The summed E-state index contributed by atoms with van der Waals surface area (Å²) < 4.78 is 6.04. The normalized spacial score (nSPS) is 17.1. The Morgan fingerprint density at radius 2 is 2.56 bits per heavy atom. The number of thiophene rings is 1. The van der Waals surface area contributed by atoms with E-state index in [9.17, 15) is 4.79 Å². The quantitative estimate of drug-likeness (QED) is 0.626. The Balaban J connectivity index is 1.83. The molecular formula is C11H15NO2S2. The summed E-state index contributed by atoms with van der Waals surface area (Å²) in [5, 5.41) is 5.36. The van der Waals surface area contributed by atoms with Crippen molar-refractivity contribution in [2.75, 3.05) is 12.9 Å². The van der Waals surface area contributed by atoms with Crippen molar-refractivity contribution in [2.45, 2.75) is 29.1 Å². The zero-order valence-electron chi connectivity index (χ0n) is 9.14. The highest BCUT2D eigenvalue weighted by Crippen LogP contribution is 2.26. The Hall–Kier alpha value is -0.520. The van der Waals surface area contributed by atoms with Crippen molar-refractivity contribution in [1.29, 1.82) is 0 Å². The lowest BCUT2D eigenvalue weighted by Gasteiger charge is -2.14. The molecule has 1 fully saturated rings. The van der Waals surface area contributed by atoms with E-state index >= 15 is 0 Å². The first-order chi connectivity index (χ1) is 7.79. The highest BCUT2D eigenvalue weighted by molar-refractivity contribution is 8.01. The van der Waals surface area contributed by atoms with Gasteiger partial charge in [-0.3, -0.25) is 4.79 Å². The Bertz CT molecular complexity index is 336. The molecule has 3 nitrogen and oxygen atoms in total. The zero-order chi connectivity index (χ0) is 11.4. The van der Waals surface area contributed by atoms with Crippen molar-refractivity contribution in [2.24, 2.45) is 0 Å². The molecule has 0 radical (unpaired) electrons. The average molecular weight is 257 g/mol. The molecular weight excluding hydrogens is 242 g/mol. The predicted molar refractivity (Wildman–Crippen MR) is 67.0 cm³/mol. The van der Waals surface area contributed by atoms with E-state index in [4.69, 9.17) is 4.74 Å². The van der Waals surface area contributed by atoms with E-state index in [-0.39, 0.29) is 12.0 Å². The average Bonchev–Trinajstić information content (AvgIpc) is 2.97. The molecule has 0 saturated heterocycles. The van der Waals surface area contributed by atoms with E-state index in [0.717, 1.165) is 5.75 Å². The van der Waals surface area contributed by atoms with Crippen LogP contribution in [0, 0.1) is 0 Å². The van der Waals surface area contributed by atoms with Gasteiger partial charge in [-0.25, -0.2) is 0 Å². The number of nitrogens with one attached hydrogen (secondary N) is 1. The Morgan fingerprint density at radius 1 is 1.75 bits per heavy atom. The number of carbonyl (C=O) groups excluding carboxylic acids is 1. The molecule has 1 atom stereocenters. The summed E-state index contributed by atoms with van der Waals surface area (Å²) in [5.41, 5.74) is 0. The lowest BCUT2D eigenvalue weighted by molar-refractivity contribution is -0.142. The van der Waals surface area contributed by atoms with Crippen LogP contribution in [0.15, 0.2) is 21.7 Å². The number of thioether (sulfide) groups is 1. The van der Waals surface area contributed by atoms with Crippen LogP contribution >= 0.6 is 23.1 Å². The van der Waals surface area contributed by atoms with Gasteiger partial charge in [0.1, 0.15) is 6.04 Å². The minimum atomic E-state index is -0.176. The fourth-order valence-corrected chi connectivity index (χ4v) is 3.20. The monoisotopic (exact) mass is 257 g/mol. The molecule has 0 spiro atoms. The van der Waals surface area contributed by atoms with Gasteiger partial charge in [-0.05, 0) is 24.3 Å². The van der Waals surface area contributed by atoms with Gasteiger partial charge in [-0.2, -0.15) is 0 Å². The van der Waals surface area contributed by atoms with Gasteiger partial charge in [-0.1, -0.05) is 6.07 Å². The predicted octanol–water partition coefficient (Wildman–Crippen LogP) is 2.13. The Morgan fingerprint density at radius 3 is 3.12 bits per heavy atom. The molecule has 1 aromatic rings. The highest BCUT2D eigenvalue weighted by Gasteiger charge is 2.28. The first-order valence-electron chi connectivity index (χ1n) is 5.30. The molecule has 0 aliphatic heterocycles. The van der Waals surface area contributed by atoms with Crippen LogP contribution in [-0.4, -0.2) is 30.9 Å². The number of hydrogen-bond donors (Lipinski definition) is 1. The van der Waals surface area contributed by atoms with E-state index in [1.807, 2.05) is 11.4 Å². The molecule has 1 aromatic heterocycles. The minimum Gasteiger partial charge on any atom is -0.468 e. The third-order valence-electron chi connectivity index (χ3n) is 2.39. The summed E-state index contributed by atoms with van der Waals surface area (Å²) in [5.74, 6) is 0.583. The highest BCUT2D eigenvalue weighted by atomic mass is 32.2. The summed E-state index contributed by atoms with van der Waals surface area (Å²) in [6.07, 6.45) is 2.36. The molecule has 0 aromatic carbocycles. The van der Waals surface area contributed by atoms with Crippen LogP contribution in [0.3, 0.4) is 0 Å². The summed E-state index contributed by atoms with van der Waals surface area (Å²) in [4.78, 5) is 11.5. The second-order valence-electron chi connectivity index (χ2n) is 3.76. The van der Waals surface area contributed by atoms with E-state index in [1.165, 1.54) is 24.2 Å². The van der Waals surface area contributed by atoms with Crippen molar-refractivity contribution in [3.05, 3.63) is 17.5 Å².